The number of aryl methyl sites for hydroxylation is 1. The first-order valence-electron chi connectivity index (χ1n) is 8.36. The monoisotopic (exact) mass is 328 g/mol. The number of β-amino-alcohol motifs (C(OH)–C–C–N with tert-alkyl or cyclic N) is 1. The predicted octanol–water partition coefficient (Wildman–Crippen LogP) is 2.28. The van der Waals surface area contributed by atoms with E-state index in [0.29, 0.717) is 13.2 Å². The summed E-state index contributed by atoms with van der Waals surface area (Å²) < 4.78 is 11.6. The summed E-state index contributed by atoms with van der Waals surface area (Å²) in [5.74, 6) is 1.63. The molecule has 0 bridgehead atoms. The first kappa shape index (κ1) is 16.7. The Morgan fingerprint density at radius 2 is 2.17 bits per heavy atom. The van der Waals surface area contributed by atoms with E-state index in [1.807, 2.05) is 43.3 Å². The summed E-state index contributed by atoms with van der Waals surface area (Å²) in [4.78, 5) is 6.27. The minimum Gasteiger partial charge on any atom is -0.491 e. The third-order valence-corrected chi connectivity index (χ3v) is 4.16. The van der Waals surface area contributed by atoms with Gasteiger partial charge in [-0.1, -0.05) is 18.2 Å². The van der Waals surface area contributed by atoms with Crippen molar-refractivity contribution in [2.75, 3.05) is 26.2 Å². The van der Waals surface area contributed by atoms with Gasteiger partial charge in [0, 0.05) is 25.8 Å². The molecular formula is C19H24N2O3. The van der Waals surface area contributed by atoms with E-state index in [-0.39, 0.29) is 6.10 Å². The molecule has 5 heteroatoms. The average molecular weight is 328 g/mol. The van der Waals surface area contributed by atoms with E-state index in [9.17, 15) is 5.11 Å². The standard InChI is InChI=1S/C19H24N2O3/c1-15-5-2-3-7-19(15)23-14-16(22)12-21-10-8-18(13-21)24-17-6-4-9-20-11-17/h2-7,9,11,16,18,22H,8,10,12-14H2,1H3. The number of aliphatic hydroxyl groups is 1. The largest absolute Gasteiger partial charge is 0.491 e. The van der Waals surface area contributed by atoms with Gasteiger partial charge in [0.05, 0.1) is 6.20 Å². The Balaban J connectivity index is 1.41. The van der Waals surface area contributed by atoms with Crippen LogP contribution in [0, 0.1) is 6.92 Å². The fraction of sp³-hybridized carbons (Fsp3) is 0.421. The maximum Gasteiger partial charge on any atom is 0.138 e. The van der Waals surface area contributed by atoms with Gasteiger partial charge in [-0.15, -0.1) is 0 Å². The maximum atomic E-state index is 10.2. The molecule has 1 saturated heterocycles. The van der Waals surface area contributed by atoms with E-state index in [4.69, 9.17) is 9.47 Å². The van der Waals surface area contributed by atoms with Crippen LogP contribution in [0.1, 0.15) is 12.0 Å². The van der Waals surface area contributed by atoms with Crippen LogP contribution >= 0.6 is 0 Å². The van der Waals surface area contributed by atoms with Gasteiger partial charge in [-0.3, -0.25) is 9.88 Å². The number of likely N-dealkylation sites (tertiary alicyclic amines) is 1. The summed E-state index contributed by atoms with van der Waals surface area (Å²) in [5.41, 5.74) is 1.08. The molecule has 3 rings (SSSR count). The zero-order valence-corrected chi connectivity index (χ0v) is 14.0. The van der Waals surface area contributed by atoms with Crippen LogP contribution in [0.15, 0.2) is 48.8 Å². The van der Waals surface area contributed by atoms with Crippen molar-refractivity contribution in [1.82, 2.24) is 9.88 Å². The van der Waals surface area contributed by atoms with Gasteiger partial charge in [-0.2, -0.15) is 0 Å². The van der Waals surface area contributed by atoms with Crippen molar-refractivity contribution >= 4 is 0 Å². The fourth-order valence-electron chi connectivity index (χ4n) is 2.92. The highest BCUT2D eigenvalue weighted by Crippen LogP contribution is 2.19. The fourth-order valence-corrected chi connectivity index (χ4v) is 2.92. The van der Waals surface area contributed by atoms with Gasteiger partial charge in [-0.25, -0.2) is 0 Å². The number of benzene rings is 1. The normalized spacial score (nSPS) is 19.2. The molecule has 1 aromatic carbocycles. The lowest BCUT2D eigenvalue weighted by atomic mass is 10.2. The Hall–Kier alpha value is -2.11. The second-order valence-electron chi connectivity index (χ2n) is 6.21. The predicted molar refractivity (Wildman–Crippen MR) is 92.4 cm³/mol. The molecule has 0 radical (unpaired) electrons. The lowest BCUT2D eigenvalue weighted by Crippen LogP contribution is -2.35. The molecule has 2 heterocycles. The third kappa shape index (κ3) is 4.69. The molecule has 1 aliphatic rings. The smallest absolute Gasteiger partial charge is 0.138 e. The number of aromatic nitrogens is 1. The average Bonchev–Trinajstić information content (AvgIpc) is 3.02. The molecule has 2 aromatic rings. The number of nitrogens with zero attached hydrogens (tertiary/aromatic N) is 2. The summed E-state index contributed by atoms with van der Waals surface area (Å²) in [5, 5.41) is 10.2. The van der Waals surface area contributed by atoms with Crippen molar-refractivity contribution in [3.8, 4) is 11.5 Å². The molecule has 24 heavy (non-hydrogen) atoms. The zero-order chi connectivity index (χ0) is 16.8. The lowest BCUT2D eigenvalue weighted by molar-refractivity contribution is 0.0717. The minimum absolute atomic E-state index is 0.152. The van der Waals surface area contributed by atoms with Gasteiger partial charge in [0.1, 0.15) is 30.3 Å². The van der Waals surface area contributed by atoms with Crippen LogP contribution in [-0.4, -0.2) is 53.4 Å². The van der Waals surface area contributed by atoms with E-state index in [0.717, 1.165) is 36.6 Å². The summed E-state index contributed by atoms with van der Waals surface area (Å²) >= 11 is 0. The van der Waals surface area contributed by atoms with Crippen LogP contribution in [0.4, 0.5) is 0 Å². The van der Waals surface area contributed by atoms with Crippen molar-refractivity contribution in [3.63, 3.8) is 0 Å². The van der Waals surface area contributed by atoms with Gasteiger partial charge in [0.15, 0.2) is 0 Å². The van der Waals surface area contributed by atoms with Crippen LogP contribution in [0.3, 0.4) is 0 Å². The summed E-state index contributed by atoms with van der Waals surface area (Å²) in [6.07, 6.45) is 4.06. The van der Waals surface area contributed by atoms with Gasteiger partial charge < -0.3 is 14.6 Å². The Morgan fingerprint density at radius 3 is 2.96 bits per heavy atom. The maximum absolute atomic E-state index is 10.2. The Morgan fingerprint density at radius 1 is 1.29 bits per heavy atom. The Kier molecular flexibility index (Phi) is 5.67. The Bertz CT molecular complexity index is 636. The highest BCUT2D eigenvalue weighted by atomic mass is 16.5. The van der Waals surface area contributed by atoms with Crippen LogP contribution in [0.25, 0.3) is 0 Å². The van der Waals surface area contributed by atoms with E-state index >= 15 is 0 Å². The van der Waals surface area contributed by atoms with E-state index in [2.05, 4.69) is 9.88 Å². The van der Waals surface area contributed by atoms with Crippen LogP contribution in [-0.2, 0) is 0 Å². The lowest BCUT2D eigenvalue weighted by Gasteiger charge is -2.21. The number of rotatable bonds is 7. The summed E-state index contributed by atoms with van der Waals surface area (Å²) in [6.45, 7) is 4.64. The second kappa shape index (κ2) is 8.13. The third-order valence-electron chi connectivity index (χ3n) is 4.16. The molecule has 0 spiro atoms. The number of hydrogen-bond donors (Lipinski definition) is 1. The molecule has 1 aromatic heterocycles. The molecule has 2 unspecified atom stereocenters. The van der Waals surface area contributed by atoms with Crippen molar-refractivity contribution in [3.05, 3.63) is 54.4 Å². The SMILES string of the molecule is Cc1ccccc1OCC(O)CN1CCC(Oc2cccnc2)C1. The molecule has 5 nitrogen and oxygen atoms in total. The van der Waals surface area contributed by atoms with Crippen molar-refractivity contribution in [1.29, 1.82) is 0 Å². The number of ether oxygens (including phenoxy) is 2. The topological polar surface area (TPSA) is 54.8 Å². The number of pyridine rings is 1. The first-order valence-corrected chi connectivity index (χ1v) is 8.36. The van der Waals surface area contributed by atoms with E-state index < -0.39 is 6.10 Å². The van der Waals surface area contributed by atoms with Crippen LogP contribution in [0.2, 0.25) is 0 Å². The minimum atomic E-state index is -0.512. The van der Waals surface area contributed by atoms with Crippen molar-refractivity contribution < 1.29 is 14.6 Å². The molecule has 0 saturated carbocycles. The highest BCUT2D eigenvalue weighted by molar-refractivity contribution is 5.31. The molecule has 128 valence electrons. The number of para-hydroxylation sites is 1. The molecular weight excluding hydrogens is 304 g/mol. The van der Waals surface area contributed by atoms with E-state index in [1.54, 1.807) is 12.4 Å². The molecule has 0 aliphatic carbocycles. The molecule has 2 atom stereocenters. The quantitative estimate of drug-likeness (QED) is 0.845. The molecule has 1 aliphatic heterocycles. The number of aliphatic hydroxyl groups excluding tert-OH is 1. The summed E-state index contributed by atoms with van der Waals surface area (Å²) in [7, 11) is 0. The van der Waals surface area contributed by atoms with Gasteiger partial charge in [0.2, 0.25) is 0 Å². The molecule has 1 fully saturated rings. The van der Waals surface area contributed by atoms with Gasteiger partial charge in [-0.05, 0) is 37.1 Å². The number of hydrogen-bond acceptors (Lipinski definition) is 5. The summed E-state index contributed by atoms with van der Waals surface area (Å²) in [6, 6.07) is 11.6. The molecule has 0 amide bonds. The van der Waals surface area contributed by atoms with Crippen molar-refractivity contribution in [2.45, 2.75) is 25.6 Å². The first-order chi connectivity index (χ1) is 11.7. The van der Waals surface area contributed by atoms with Gasteiger partial charge in [0.25, 0.3) is 0 Å². The van der Waals surface area contributed by atoms with Gasteiger partial charge >= 0.3 is 0 Å². The van der Waals surface area contributed by atoms with E-state index in [1.165, 1.54) is 0 Å². The second-order valence-corrected chi connectivity index (χ2v) is 6.21. The Labute approximate surface area is 142 Å². The zero-order valence-electron chi connectivity index (χ0n) is 14.0. The van der Waals surface area contributed by atoms with Crippen LogP contribution < -0.4 is 9.47 Å². The van der Waals surface area contributed by atoms with Crippen molar-refractivity contribution in [2.24, 2.45) is 0 Å². The highest BCUT2D eigenvalue weighted by Gasteiger charge is 2.25. The molecule has 1 N–H and O–H groups in total. The van der Waals surface area contributed by atoms with Crippen LogP contribution in [0.5, 0.6) is 11.5 Å².